The number of piperidine rings is 1. The van der Waals surface area contributed by atoms with Crippen LogP contribution >= 0.6 is 0 Å². The molecule has 1 aliphatic heterocycles. The SMILES string of the molecule is Cc1cc(C)n2ncc(C(=O)N3CCCC(CN)C3)c2n1. The third kappa shape index (κ3) is 2.51. The first kappa shape index (κ1) is 14.0. The summed E-state index contributed by atoms with van der Waals surface area (Å²) < 4.78 is 1.73. The van der Waals surface area contributed by atoms with E-state index in [1.54, 1.807) is 10.7 Å². The Balaban J connectivity index is 1.95. The molecule has 3 heterocycles. The summed E-state index contributed by atoms with van der Waals surface area (Å²) in [4.78, 5) is 19.1. The average Bonchev–Trinajstić information content (AvgIpc) is 2.90. The van der Waals surface area contributed by atoms with Crippen molar-refractivity contribution in [3.8, 4) is 0 Å². The molecule has 0 saturated carbocycles. The van der Waals surface area contributed by atoms with E-state index in [1.807, 2.05) is 24.8 Å². The number of fused-ring (bicyclic) bond motifs is 1. The molecule has 1 saturated heterocycles. The Kier molecular flexibility index (Phi) is 3.63. The third-order valence-corrected chi connectivity index (χ3v) is 4.15. The van der Waals surface area contributed by atoms with E-state index in [2.05, 4.69) is 10.1 Å². The summed E-state index contributed by atoms with van der Waals surface area (Å²) in [6.45, 7) is 6.05. The topological polar surface area (TPSA) is 76.5 Å². The van der Waals surface area contributed by atoms with Gasteiger partial charge in [-0.2, -0.15) is 5.10 Å². The minimum absolute atomic E-state index is 0.0145. The Morgan fingerprint density at radius 2 is 2.29 bits per heavy atom. The summed E-state index contributed by atoms with van der Waals surface area (Å²) in [5.41, 5.74) is 8.85. The minimum Gasteiger partial charge on any atom is -0.338 e. The molecule has 0 radical (unpaired) electrons. The number of hydrogen-bond acceptors (Lipinski definition) is 4. The number of carbonyl (C=O) groups excluding carboxylic acids is 1. The van der Waals surface area contributed by atoms with Gasteiger partial charge in [0.25, 0.3) is 5.91 Å². The average molecular weight is 287 g/mol. The maximum Gasteiger partial charge on any atom is 0.259 e. The van der Waals surface area contributed by atoms with Gasteiger partial charge in [-0.1, -0.05) is 0 Å². The first-order chi connectivity index (χ1) is 10.1. The molecular formula is C15H21N5O. The highest BCUT2D eigenvalue weighted by Crippen LogP contribution is 2.20. The summed E-state index contributed by atoms with van der Waals surface area (Å²) in [6, 6.07) is 1.96. The standard InChI is InChI=1S/C15H21N5O/c1-10-6-11(2)20-14(18-10)13(8-17-20)15(21)19-5-3-4-12(7-16)9-19/h6,8,12H,3-5,7,9,16H2,1-2H3. The van der Waals surface area contributed by atoms with Crippen LogP contribution in [-0.4, -0.2) is 45.0 Å². The molecule has 2 N–H and O–H groups in total. The largest absolute Gasteiger partial charge is 0.338 e. The number of aryl methyl sites for hydroxylation is 2. The molecule has 0 spiro atoms. The Labute approximate surface area is 123 Å². The van der Waals surface area contributed by atoms with Crippen molar-refractivity contribution in [1.29, 1.82) is 0 Å². The van der Waals surface area contributed by atoms with Crippen molar-refractivity contribution in [3.63, 3.8) is 0 Å². The van der Waals surface area contributed by atoms with Gasteiger partial charge in [-0.25, -0.2) is 9.50 Å². The first-order valence-electron chi connectivity index (χ1n) is 7.41. The molecule has 0 aliphatic carbocycles. The smallest absolute Gasteiger partial charge is 0.259 e. The van der Waals surface area contributed by atoms with E-state index in [9.17, 15) is 4.79 Å². The molecular weight excluding hydrogens is 266 g/mol. The van der Waals surface area contributed by atoms with Crippen molar-refractivity contribution in [2.24, 2.45) is 11.7 Å². The van der Waals surface area contributed by atoms with E-state index >= 15 is 0 Å². The van der Waals surface area contributed by atoms with Gasteiger partial charge >= 0.3 is 0 Å². The summed E-state index contributed by atoms with van der Waals surface area (Å²) in [5.74, 6) is 0.418. The van der Waals surface area contributed by atoms with Crippen LogP contribution in [0.3, 0.4) is 0 Å². The van der Waals surface area contributed by atoms with Gasteiger partial charge < -0.3 is 10.6 Å². The number of likely N-dealkylation sites (tertiary alicyclic amines) is 1. The molecule has 21 heavy (non-hydrogen) atoms. The molecule has 0 aromatic carbocycles. The second-order valence-electron chi connectivity index (χ2n) is 5.83. The highest BCUT2D eigenvalue weighted by atomic mass is 16.2. The molecule has 2 aromatic rings. The molecule has 1 fully saturated rings. The molecule has 1 atom stereocenters. The summed E-state index contributed by atoms with van der Waals surface area (Å²) >= 11 is 0. The number of amides is 1. The molecule has 6 heteroatoms. The zero-order valence-electron chi connectivity index (χ0n) is 12.5. The van der Waals surface area contributed by atoms with E-state index in [1.165, 1.54) is 0 Å². The van der Waals surface area contributed by atoms with Gasteiger partial charge in [-0.15, -0.1) is 0 Å². The fraction of sp³-hybridized carbons (Fsp3) is 0.533. The molecule has 3 rings (SSSR count). The van der Waals surface area contributed by atoms with Crippen molar-refractivity contribution in [2.75, 3.05) is 19.6 Å². The van der Waals surface area contributed by atoms with E-state index in [0.29, 0.717) is 23.7 Å². The predicted molar refractivity (Wildman–Crippen MR) is 80.1 cm³/mol. The molecule has 112 valence electrons. The lowest BCUT2D eigenvalue weighted by Gasteiger charge is -2.31. The van der Waals surface area contributed by atoms with Gasteiger partial charge in [0, 0.05) is 24.5 Å². The van der Waals surface area contributed by atoms with Crippen LogP contribution in [0.1, 0.15) is 34.6 Å². The van der Waals surface area contributed by atoms with Crippen LogP contribution in [0, 0.1) is 19.8 Å². The van der Waals surface area contributed by atoms with E-state index in [4.69, 9.17) is 5.73 Å². The number of hydrogen-bond donors (Lipinski definition) is 1. The Morgan fingerprint density at radius 3 is 3.05 bits per heavy atom. The Bertz CT molecular complexity index is 678. The predicted octanol–water partition coefficient (Wildman–Crippen LogP) is 1.16. The van der Waals surface area contributed by atoms with Crippen molar-refractivity contribution in [2.45, 2.75) is 26.7 Å². The van der Waals surface area contributed by atoms with Crippen molar-refractivity contribution < 1.29 is 4.79 Å². The Hall–Kier alpha value is -1.95. The lowest BCUT2D eigenvalue weighted by Crippen LogP contribution is -2.42. The van der Waals surface area contributed by atoms with Crippen LogP contribution in [0.5, 0.6) is 0 Å². The maximum absolute atomic E-state index is 12.8. The number of nitrogens with two attached hydrogens (primary N) is 1. The van der Waals surface area contributed by atoms with Crippen LogP contribution in [-0.2, 0) is 0 Å². The molecule has 2 aromatic heterocycles. The molecule has 1 amide bonds. The van der Waals surface area contributed by atoms with Gasteiger partial charge in [0.1, 0.15) is 5.56 Å². The molecule has 6 nitrogen and oxygen atoms in total. The highest BCUT2D eigenvalue weighted by Gasteiger charge is 2.26. The summed E-state index contributed by atoms with van der Waals surface area (Å²) in [5, 5.41) is 4.30. The monoisotopic (exact) mass is 287 g/mol. The quantitative estimate of drug-likeness (QED) is 0.899. The summed E-state index contributed by atoms with van der Waals surface area (Å²) in [6.07, 6.45) is 3.74. The van der Waals surface area contributed by atoms with E-state index in [0.717, 1.165) is 37.3 Å². The van der Waals surface area contributed by atoms with Crippen LogP contribution in [0.25, 0.3) is 5.65 Å². The van der Waals surface area contributed by atoms with E-state index in [-0.39, 0.29) is 5.91 Å². The molecule has 0 bridgehead atoms. The Morgan fingerprint density at radius 1 is 1.48 bits per heavy atom. The van der Waals surface area contributed by atoms with Crippen molar-refractivity contribution in [3.05, 3.63) is 29.2 Å². The zero-order valence-corrected chi connectivity index (χ0v) is 12.5. The molecule has 1 aliphatic rings. The van der Waals surface area contributed by atoms with Gasteiger partial charge in [0.05, 0.1) is 6.20 Å². The first-order valence-corrected chi connectivity index (χ1v) is 7.41. The van der Waals surface area contributed by atoms with Crippen LogP contribution in [0.4, 0.5) is 0 Å². The number of rotatable bonds is 2. The lowest BCUT2D eigenvalue weighted by atomic mass is 9.98. The van der Waals surface area contributed by atoms with Crippen LogP contribution < -0.4 is 5.73 Å². The highest BCUT2D eigenvalue weighted by molar-refractivity contribution is 5.99. The van der Waals surface area contributed by atoms with Crippen molar-refractivity contribution in [1.82, 2.24) is 19.5 Å². The normalized spacial score (nSPS) is 19.2. The number of aromatic nitrogens is 3. The fourth-order valence-electron chi connectivity index (χ4n) is 3.03. The lowest BCUT2D eigenvalue weighted by molar-refractivity contribution is 0.0680. The second kappa shape index (κ2) is 5.44. The molecule has 1 unspecified atom stereocenters. The van der Waals surface area contributed by atoms with Crippen LogP contribution in [0.2, 0.25) is 0 Å². The van der Waals surface area contributed by atoms with Gasteiger partial charge in [-0.05, 0) is 45.2 Å². The zero-order chi connectivity index (χ0) is 15.0. The van der Waals surface area contributed by atoms with E-state index < -0.39 is 0 Å². The van der Waals surface area contributed by atoms with Crippen molar-refractivity contribution >= 4 is 11.6 Å². The maximum atomic E-state index is 12.8. The second-order valence-corrected chi connectivity index (χ2v) is 5.83. The third-order valence-electron chi connectivity index (χ3n) is 4.15. The van der Waals surface area contributed by atoms with Gasteiger partial charge in [0.15, 0.2) is 5.65 Å². The number of nitrogens with zero attached hydrogens (tertiary/aromatic N) is 4. The van der Waals surface area contributed by atoms with Crippen LogP contribution in [0.15, 0.2) is 12.3 Å². The minimum atomic E-state index is 0.0145. The van der Waals surface area contributed by atoms with Gasteiger partial charge in [0.2, 0.25) is 0 Å². The number of carbonyl (C=O) groups is 1. The van der Waals surface area contributed by atoms with Gasteiger partial charge in [-0.3, -0.25) is 4.79 Å². The summed E-state index contributed by atoms with van der Waals surface area (Å²) in [7, 11) is 0. The fourth-order valence-corrected chi connectivity index (χ4v) is 3.03.